The minimum absolute atomic E-state index is 0.350. The molecule has 0 unspecified atom stereocenters. The Labute approximate surface area is 91.7 Å². The normalized spacial score (nSPS) is 9.50. The van der Waals surface area contributed by atoms with Crippen molar-refractivity contribution < 1.29 is 9.13 Å². The highest BCUT2D eigenvalue weighted by Crippen LogP contribution is 2.21. The summed E-state index contributed by atoms with van der Waals surface area (Å²) in [5.41, 5.74) is 0.493. The highest BCUT2D eigenvalue weighted by Gasteiger charge is 2.00. The number of hydrogen-bond acceptors (Lipinski definition) is 3. The van der Waals surface area contributed by atoms with Crippen LogP contribution in [0.4, 0.5) is 4.39 Å². The second-order valence-corrected chi connectivity index (χ2v) is 3.06. The molecule has 1 aromatic heterocycles. The molecule has 0 amide bonds. The molecule has 1 heterocycles. The average molecular weight is 214 g/mol. The van der Waals surface area contributed by atoms with E-state index < -0.39 is 5.95 Å². The lowest BCUT2D eigenvalue weighted by Gasteiger charge is -2.04. The van der Waals surface area contributed by atoms with Gasteiger partial charge in [-0.25, -0.2) is 4.98 Å². The molecular formula is C12H7FN2O. The Hall–Kier alpha value is -2.41. The van der Waals surface area contributed by atoms with Crippen molar-refractivity contribution in [2.45, 2.75) is 0 Å². The highest BCUT2D eigenvalue weighted by atomic mass is 19.1. The molecule has 16 heavy (non-hydrogen) atoms. The molecule has 0 aliphatic heterocycles. The van der Waals surface area contributed by atoms with Crippen LogP contribution in [0.25, 0.3) is 0 Å². The van der Waals surface area contributed by atoms with Crippen LogP contribution in [0.1, 0.15) is 5.56 Å². The van der Waals surface area contributed by atoms with Crippen LogP contribution < -0.4 is 4.74 Å². The predicted molar refractivity (Wildman–Crippen MR) is 55.4 cm³/mol. The number of hydrogen-bond donors (Lipinski definition) is 0. The van der Waals surface area contributed by atoms with Crippen molar-refractivity contribution in [1.82, 2.24) is 4.98 Å². The van der Waals surface area contributed by atoms with Gasteiger partial charge in [-0.05, 0) is 24.3 Å². The third kappa shape index (κ3) is 2.34. The number of ether oxygens (including phenoxy) is 1. The van der Waals surface area contributed by atoms with Crippen molar-refractivity contribution in [2.24, 2.45) is 0 Å². The summed E-state index contributed by atoms with van der Waals surface area (Å²) < 4.78 is 18.1. The second-order valence-electron chi connectivity index (χ2n) is 3.06. The van der Waals surface area contributed by atoms with E-state index in [4.69, 9.17) is 10.00 Å². The van der Waals surface area contributed by atoms with Crippen molar-refractivity contribution in [1.29, 1.82) is 5.26 Å². The maximum Gasteiger partial charge on any atom is 0.216 e. The van der Waals surface area contributed by atoms with Crippen LogP contribution >= 0.6 is 0 Å². The smallest absolute Gasteiger partial charge is 0.216 e. The van der Waals surface area contributed by atoms with E-state index in [-0.39, 0.29) is 0 Å². The van der Waals surface area contributed by atoms with Crippen LogP contribution in [-0.4, -0.2) is 4.98 Å². The van der Waals surface area contributed by atoms with Gasteiger partial charge in [0.25, 0.3) is 0 Å². The Morgan fingerprint density at radius 1 is 1.19 bits per heavy atom. The van der Waals surface area contributed by atoms with Gasteiger partial charge in [0.1, 0.15) is 11.5 Å². The molecule has 0 aliphatic rings. The number of rotatable bonds is 2. The molecule has 1 aromatic carbocycles. The minimum Gasteiger partial charge on any atom is -0.457 e. The molecule has 0 saturated heterocycles. The van der Waals surface area contributed by atoms with E-state index in [0.29, 0.717) is 17.1 Å². The molecule has 0 fully saturated rings. The fourth-order valence-electron chi connectivity index (χ4n) is 1.21. The van der Waals surface area contributed by atoms with E-state index in [0.717, 1.165) is 0 Å². The molecule has 0 aliphatic carbocycles. The second kappa shape index (κ2) is 4.41. The van der Waals surface area contributed by atoms with Gasteiger partial charge >= 0.3 is 0 Å². The first-order valence-corrected chi connectivity index (χ1v) is 4.57. The third-order valence-corrected chi connectivity index (χ3v) is 1.90. The van der Waals surface area contributed by atoms with Gasteiger partial charge in [0, 0.05) is 12.3 Å². The molecule has 4 heteroatoms. The molecule has 0 bridgehead atoms. The van der Waals surface area contributed by atoms with E-state index >= 15 is 0 Å². The maximum atomic E-state index is 12.8. The summed E-state index contributed by atoms with van der Waals surface area (Å²) >= 11 is 0. The monoisotopic (exact) mass is 214 g/mol. The zero-order valence-electron chi connectivity index (χ0n) is 8.22. The zero-order chi connectivity index (χ0) is 11.4. The van der Waals surface area contributed by atoms with Crippen LogP contribution in [0.5, 0.6) is 11.5 Å². The molecule has 0 atom stereocenters. The molecule has 0 saturated carbocycles. The minimum atomic E-state index is -0.603. The van der Waals surface area contributed by atoms with Crippen LogP contribution in [0.15, 0.2) is 42.6 Å². The molecule has 78 valence electrons. The van der Waals surface area contributed by atoms with E-state index in [9.17, 15) is 4.39 Å². The van der Waals surface area contributed by atoms with Gasteiger partial charge in [-0.3, -0.25) is 0 Å². The van der Waals surface area contributed by atoms with Crippen LogP contribution in [0, 0.1) is 17.3 Å². The van der Waals surface area contributed by atoms with Crippen molar-refractivity contribution in [2.75, 3.05) is 0 Å². The van der Waals surface area contributed by atoms with E-state index in [1.165, 1.54) is 12.3 Å². The Bertz CT molecular complexity index is 549. The lowest BCUT2D eigenvalue weighted by molar-refractivity contribution is 0.472. The van der Waals surface area contributed by atoms with Crippen molar-refractivity contribution >= 4 is 0 Å². The highest BCUT2D eigenvalue weighted by molar-refractivity contribution is 5.38. The molecule has 0 spiro atoms. The van der Waals surface area contributed by atoms with E-state index in [1.807, 2.05) is 6.07 Å². The number of pyridine rings is 1. The molecule has 2 aromatic rings. The largest absolute Gasteiger partial charge is 0.457 e. The summed E-state index contributed by atoms with van der Waals surface area (Å²) in [6, 6.07) is 11.4. The molecule has 0 radical (unpaired) electrons. The Morgan fingerprint density at radius 2 is 2.00 bits per heavy atom. The quantitative estimate of drug-likeness (QED) is 0.722. The fourth-order valence-corrected chi connectivity index (χ4v) is 1.21. The van der Waals surface area contributed by atoms with E-state index in [1.54, 1.807) is 30.3 Å². The summed E-state index contributed by atoms with van der Waals surface area (Å²) in [6.45, 7) is 0. The lowest BCUT2D eigenvalue weighted by Crippen LogP contribution is -1.87. The molecular weight excluding hydrogens is 207 g/mol. The molecule has 2 rings (SSSR count). The number of nitrogens with zero attached hydrogens (tertiary/aromatic N) is 2. The fraction of sp³-hybridized carbons (Fsp3) is 0. The van der Waals surface area contributed by atoms with E-state index in [2.05, 4.69) is 4.98 Å². The first-order valence-electron chi connectivity index (χ1n) is 4.57. The van der Waals surface area contributed by atoms with Crippen molar-refractivity contribution in [3.8, 4) is 17.6 Å². The Kier molecular flexibility index (Phi) is 2.79. The van der Waals surface area contributed by atoms with Crippen molar-refractivity contribution in [3.63, 3.8) is 0 Å². The van der Waals surface area contributed by atoms with Gasteiger partial charge in [-0.1, -0.05) is 6.07 Å². The van der Waals surface area contributed by atoms with Gasteiger partial charge < -0.3 is 4.74 Å². The molecule has 3 nitrogen and oxygen atoms in total. The summed E-state index contributed by atoms with van der Waals surface area (Å²) in [5, 5.41) is 8.70. The van der Waals surface area contributed by atoms with Crippen LogP contribution in [-0.2, 0) is 0 Å². The van der Waals surface area contributed by atoms with Gasteiger partial charge in [0.15, 0.2) is 0 Å². The standard InChI is InChI=1S/C12H7FN2O/c13-12-7-11(4-5-15-12)16-10-3-1-2-9(6-10)8-14/h1-7H. The number of halogens is 1. The summed E-state index contributed by atoms with van der Waals surface area (Å²) in [5.74, 6) is 0.237. The van der Waals surface area contributed by atoms with Crippen LogP contribution in [0.3, 0.4) is 0 Å². The zero-order valence-corrected chi connectivity index (χ0v) is 8.22. The number of benzene rings is 1. The maximum absolute atomic E-state index is 12.8. The number of nitriles is 1. The lowest BCUT2D eigenvalue weighted by atomic mass is 10.2. The summed E-state index contributed by atoms with van der Waals surface area (Å²) in [6.07, 6.45) is 1.32. The summed E-state index contributed by atoms with van der Waals surface area (Å²) in [4.78, 5) is 3.42. The average Bonchev–Trinajstić information content (AvgIpc) is 2.29. The van der Waals surface area contributed by atoms with Gasteiger partial charge in [0.2, 0.25) is 5.95 Å². The van der Waals surface area contributed by atoms with Gasteiger partial charge in [-0.2, -0.15) is 9.65 Å². The Balaban J connectivity index is 2.24. The predicted octanol–water partition coefficient (Wildman–Crippen LogP) is 2.88. The third-order valence-electron chi connectivity index (χ3n) is 1.90. The van der Waals surface area contributed by atoms with Gasteiger partial charge in [-0.15, -0.1) is 0 Å². The van der Waals surface area contributed by atoms with Crippen LogP contribution in [0.2, 0.25) is 0 Å². The first kappa shape index (κ1) is 10.1. The summed E-state index contributed by atoms with van der Waals surface area (Å²) in [7, 11) is 0. The van der Waals surface area contributed by atoms with Gasteiger partial charge in [0.05, 0.1) is 11.6 Å². The topological polar surface area (TPSA) is 45.9 Å². The number of aromatic nitrogens is 1. The Morgan fingerprint density at radius 3 is 2.75 bits per heavy atom. The SMILES string of the molecule is N#Cc1cccc(Oc2ccnc(F)c2)c1. The first-order chi connectivity index (χ1) is 7.78. The molecule has 0 N–H and O–H groups in total. The van der Waals surface area contributed by atoms with Crippen molar-refractivity contribution in [3.05, 3.63) is 54.1 Å².